The van der Waals surface area contributed by atoms with Crippen LogP contribution >= 0.6 is 0 Å². The summed E-state index contributed by atoms with van der Waals surface area (Å²) in [7, 11) is 0. The van der Waals surface area contributed by atoms with E-state index in [1.807, 2.05) is 0 Å². The van der Waals surface area contributed by atoms with Gasteiger partial charge in [-0.15, -0.1) is 0 Å². The summed E-state index contributed by atoms with van der Waals surface area (Å²) in [5.74, 6) is 5.28. The molecule has 2 rings (SSSR count). The Labute approximate surface area is 91.2 Å². The normalized spacial score (nSPS) is 16.7. The molecule has 15 heavy (non-hydrogen) atoms. The van der Waals surface area contributed by atoms with E-state index in [-0.39, 0.29) is 0 Å². The third-order valence-corrected chi connectivity index (χ3v) is 2.96. The molecule has 0 bridgehead atoms. The number of hydrazine groups is 1. The van der Waals surface area contributed by atoms with Crippen LogP contribution in [0.15, 0.2) is 24.3 Å². The lowest BCUT2D eigenvalue weighted by Gasteiger charge is -2.28. The van der Waals surface area contributed by atoms with E-state index < -0.39 is 0 Å². The lowest BCUT2D eigenvalue weighted by Crippen LogP contribution is -2.29. The van der Waals surface area contributed by atoms with Crippen LogP contribution in [0, 0.1) is 0 Å². The van der Waals surface area contributed by atoms with Gasteiger partial charge in [-0.2, -0.15) is 0 Å². The first-order valence-corrected chi connectivity index (χ1v) is 5.67. The molecule has 1 aliphatic rings. The average Bonchev–Trinajstić information content (AvgIpc) is 2.32. The zero-order chi connectivity index (χ0) is 10.5. The van der Waals surface area contributed by atoms with Crippen LogP contribution < -0.4 is 16.2 Å². The second kappa shape index (κ2) is 5.14. The molecule has 82 valence electrons. The number of nitrogens with one attached hydrogen (secondary N) is 1. The Hall–Kier alpha value is -1.06. The summed E-state index contributed by atoms with van der Waals surface area (Å²) in [5, 5.41) is 0. The van der Waals surface area contributed by atoms with Crippen molar-refractivity contribution in [3.8, 4) is 0 Å². The number of nitrogens with two attached hydrogens (primary N) is 1. The molecule has 0 atom stereocenters. The van der Waals surface area contributed by atoms with Gasteiger partial charge in [-0.1, -0.05) is 12.1 Å². The molecule has 0 amide bonds. The van der Waals surface area contributed by atoms with Crippen molar-refractivity contribution in [1.29, 1.82) is 0 Å². The summed E-state index contributed by atoms with van der Waals surface area (Å²) in [6, 6.07) is 8.67. The lowest BCUT2D eigenvalue weighted by atomic mass is 10.1. The molecule has 1 heterocycles. The highest BCUT2D eigenvalue weighted by Gasteiger charge is 2.10. The number of hydrogen-bond donors (Lipinski definition) is 2. The average molecular weight is 205 g/mol. The maximum absolute atomic E-state index is 5.28. The van der Waals surface area contributed by atoms with Crippen molar-refractivity contribution < 1.29 is 0 Å². The van der Waals surface area contributed by atoms with Crippen molar-refractivity contribution in [2.75, 3.05) is 18.0 Å². The van der Waals surface area contributed by atoms with E-state index in [1.54, 1.807) is 0 Å². The molecule has 0 spiro atoms. The van der Waals surface area contributed by atoms with Gasteiger partial charge >= 0.3 is 0 Å². The number of anilines is 1. The molecular formula is C12H19N3. The summed E-state index contributed by atoms with van der Waals surface area (Å²) in [6.07, 6.45) is 4.03. The molecular weight excluding hydrogens is 186 g/mol. The third kappa shape index (κ3) is 2.70. The van der Waals surface area contributed by atoms with Crippen LogP contribution in [0.3, 0.4) is 0 Å². The Kier molecular flexibility index (Phi) is 3.59. The van der Waals surface area contributed by atoms with E-state index in [9.17, 15) is 0 Å². The summed E-state index contributed by atoms with van der Waals surface area (Å²) in [4.78, 5) is 2.46. The smallest absolute Gasteiger partial charge is 0.0366 e. The maximum Gasteiger partial charge on any atom is 0.0366 e. The van der Waals surface area contributed by atoms with Gasteiger partial charge in [-0.3, -0.25) is 11.3 Å². The third-order valence-electron chi connectivity index (χ3n) is 2.96. The van der Waals surface area contributed by atoms with Crippen LogP contribution in [-0.2, 0) is 6.54 Å². The summed E-state index contributed by atoms with van der Waals surface area (Å²) < 4.78 is 0. The fraction of sp³-hybridized carbons (Fsp3) is 0.500. The van der Waals surface area contributed by atoms with Crippen molar-refractivity contribution in [2.45, 2.75) is 25.8 Å². The van der Waals surface area contributed by atoms with Gasteiger partial charge in [0.1, 0.15) is 0 Å². The first-order valence-electron chi connectivity index (χ1n) is 5.67. The first-order chi connectivity index (χ1) is 7.40. The van der Waals surface area contributed by atoms with Crippen LogP contribution in [0.5, 0.6) is 0 Å². The highest BCUT2D eigenvalue weighted by Crippen LogP contribution is 2.19. The van der Waals surface area contributed by atoms with Crippen LogP contribution in [0.2, 0.25) is 0 Å². The Morgan fingerprint density at radius 3 is 2.33 bits per heavy atom. The van der Waals surface area contributed by atoms with E-state index in [0.717, 1.165) is 6.54 Å². The zero-order valence-corrected chi connectivity index (χ0v) is 9.08. The maximum atomic E-state index is 5.28. The minimum atomic E-state index is 0.736. The summed E-state index contributed by atoms with van der Waals surface area (Å²) in [5.41, 5.74) is 5.25. The monoisotopic (exact) mass is 205 g/mol. The Morgan fingerprint density at radius 2 is 1.73 bits per heavy atom. The van der Waals surface area contributed by atoms with Crippen LogP contribution in [0.25, 0.3) is 0 Å². The Balaban J connectivity index is 2.02. The molecule has 0 aromatic heterocycles. The van der Waals surface area contributed by atoms with Gasteiger partial charge in [0, 0.05) is 25.3 Å². The van der Waals surface area contributed by atoms with Gasteiger partial charge in [0.05, 0.1) is 0 Å². The van der Waals surface area contributed by atoms with E-state index in [0.29, 0.717) is 0 Å². The minimum Gasteiger partial charge on any atom is -0.372 e. The van der Waals surface area contributed by atoms with Crippen molar-refractivity contribution in [3.05, 3.63) is 29.8 Å². The van der Waals surface area contributed by atoms with Crippen LogP contribution in [0.1, 0.15) is 24.8 Å². The standard InChI is InChI=1S/C12H19N3/c13-14-10-11-4-6-12(7-5-11)15-8-2-1-3-9-15/h4-7,14H,1-3,8-10,13H2. The van der Waals surface area contributed by atoms with Crippen LogP contribution in [0.4, 0.5) is 5.69 Å². The molecule has 1 fully saturated rings. The quantitative estimate of drug-likeness (QED) is 0.582. The van der Waals surface area contributed by atoms with Gasteiger partial charge in [0.15, 0.2) is 0 Å². The number of nitrogens with zero attached hydrogens (tertiary/aromatic N) is 1. The van der Waals surface area contributed by atoms with Crippen molar-refractivity contribution in [2.24, 2.45) is 5.84 Å². The van der Waals surface area contributed by atoms with Gasteiger partial charge < -0.3 is 4.90 Å². The van der Waals surface area contributed by atoms with E-state index in [2.05, 4.69) is 34.6 Å². The largest absolute Gasteiger partial charge is 0.372 e. The number of piperidine rings is 1. The number of rotatable bonds is 3. The molecule has 3 N–H and O–H groups in total. The summed E-state index contributed by atoms with van der Waals surface area (Å²) in [6.45, 7) is 3.14. The molecule has 0 unspecified atom stereocenters. The molecule has 1 saturated heterocycles. The molecule has 3 heteroatoms. The molecule has 1 aliphatic heterocycles. The number of benzene rings is 1. The SMILES string of the molecule is NNCc1ccc(N2CCCCC2)cc1. The highest BCUT2D eigenvalue weighted by molar-refractivity contribution is 5.47. The van der Waals surface area contributed by atoms with E-state index in [1.165, 1.54) is 43.6 Å². The second-order valence-electron chi connectivity index (χ2n) is 4.10. The molecule has 1 aromatic rings. The van der Waals surface area contributed by atoms with Crippen molar-refractivity contribution in [3.63, 3.8) is 0 Å². The highest BCUT2D eigenvalue weighted by atomic mass is 15.2. The van der Waals surface area contributed by atoms with Gasteiger partial charge in [0.25, 0.3) is 0 Å². The number of hydrogen-bond acceptors (Lipinski definition) is 3. The van der Waals surface area contributed by atoms with E-state index >= 15 is 0 Å². The van der Waals surface area contributed by atoms with Crippen LogP contribution in [-0.4, -0.2) is 13.1 Å². The molecule has 0 saturated carbocycles. The molecule has 0 radical (unpaired) electrons. The van der Waals surface area contributed by atoms with Crippen molar-refractivity contribution >= 4 is 5.69 Å². The second-order valence-corrected chi connectivity index (χ2v) is 4.10. The molecule has 3 nitrogen and oxygen atoms in total. The van der Waals surface area contributed by atoms with Gasteiger partial charge in [0.2, 0.25) is 0 Å². The molecule has 0 aliphatic carbocycles. The topological polar surface area (TPSA) is 41.3 Å². The Morgan fingerprint density at radius 1 is 1.07 bits per heavy atom. The predicted molar refractivity (Wildman–Crippen MR) is 63.5 cm³/mol. The Bertz CT molecular complexity index is 288. The fourth-order valence-corrected chi connectivity index (χ4v) is 2.09. The van der Waals surface area contributed by atoms with Gasteiger partial charge in [-0.05, 0) is 37.0 Å². The minimum absolute atomic E-state index is 0.736. The van der Waals surface area contributed by atoms with E-state index in [4.69, 9.17) is 5.84 Å². The van der Waals surface area contributed by atoms with Gasteiger partial charge in [-0.25, -0.2) is 0 Å². The van der Waals surface area contributed by atoms with Crippen molar-refractivity contribution in [1.82, 2.24) is 5.43 Å². The zero-order valence-electron chi connectivity index (χ0n) is 9.08. The predicted octanol–water partition coefficient (Wildman–Crippen LogP) is 1.64. The lowest BCUT2D eigenvalue weighted by molar-refractivity contribution is 0.578. The first kappa shape index (κ1) is 10.5. The summed E-state index contributed by atoms with van der Waals surface area (Å²) >= 11 is 0. The fourth-order valence-electron chi connectivity index (χ4n) is 2.09. The molecule has 1 aromatic carbocycles.